The standard InChI is InChI=1S/C12H15F9.C10H14F6.C9H13F3.C8H7F9.C8H12F4.CH4/c1-4-5(2)8(11(16,17)18)9(12(19,20)21)6(3)7(4)10(13,14)15;1-5-3-6(2)8(10(14,15)16)7(4-5)9(11,12)13;1-5-6-3-4-7(5)8(6,2)9(10,11)12;1-3-5(10,11)4(2,9)7(14,15)8(16,17)6(3,12)13;1-3-5(9)4(2)7(11)8(12)6(3)10;/h4-9H,1-3H3;5-8H,3-4H2,1-2H3;5-7H,3-4H2,1-2H3;3H,1-2H3;3-8H,1-2H3;1H4/t4-,5?,6?,7?,8?,9?;5-,6?,7?,8?;5?,6-,7+,8?;3-,4?;3-,4?,5?,6?,7?,8?;/m10.00./s1. The van der Waals surface area contributed by atoms with Gasteiger partial charge in [-0.05, 0) is 80.0 Å². The lowest BCUT2D eigenvalue weighted by Gasteiger charge is -2.53. The van der Waals surface area contributed by atoms with Gasteiger partial charge in [-0.3, -0.25) is 0 Å². The third-order valence-electron chi connectivity index (χ3n) is 17.8. The first-order valence-corrected chi connectivity index (χ1v) is 24.3. The molecular weight excluding hydrogens is 1170 g/mol. The summed E-state index contributed by atoms with van der Waals surface area (Å²) in [6.45, 7) is 10.5. The zero-order valence-electron chi connectivity index (χ0n) is 43.1. The first kappa shape index (κ1) is 74.8. The van der Waals surface area contributed by atoms with Gasteiger partial charge in [0.25, 0.3) is 5.92 Å². The summed E-state index contributed by atoms with van der Waals surface area (Å²) in [6, 6.07) is 0. The van der Waals surface area contributed by atoms with E-state index in [1.807, 2.05) is 6.92 Å². The van der Waals surface area contributed by atoms with Gasteiger partial charge in [-0.25, -0.2) is 30.7 Å². The van der Waals surface area contributed by atoms with Crippen LogP contribution in [-0.4, -0.2) is 91.1 Å². The molecule has 0 spiro atoms. The van der Waals surface area contributed by atoms with Crippen LogP contribution >= 0.6 is 0 Å². The molecule has 79 heavy (non-hydrogen) atoms. The van der Waals surface area contributed by atoms with Crippen molar-refractivity contribution in [2.24, 2.45) is 100 Å². The minimum atomic E-state index is -6.19. The molecule has 0 aromatic heterocycles. The van der Waals surface area contributed by atoms with Gasteiger partial charge in [0.15, 0.2) is 6.17 Å². The van der Waals surface area contributed by atoms with Gasteiger partial charge in [0.2, 0.25) is 5.67 Å². The van der Waals surface area contributed by atoms with E-state index in [0.29, 0.717) is 12.8 Å². The Bertz CT molecular complexity index is 1820. The topological polar surface area (TPSA) is 0 Å². The van der Waals surface area contributed by atoms with Crippen LogP contribution in [0.25, 0.3) is 0 Å². The fourth-order valence-corrected chi connectivity index (χ4v) is 13.0. The van der Waals surface area contributed by atoms with Crippen molar-refractivity contribution >= 4 is 0 Å². The first-order valence-electron chi connectivity index (χ1n) is 24.3. The molecule has 0 heterocycles. The maximum atomic E-state index is 13.2. The second-order valence-corrected chi connectivity index (χ2v) is 22.6. The maximum absolute atomic E-state index is 13.2. The molecule has 7 saturated carbocycles. The van der Waals surface area contributed by atoms with Gasteiger partial charge in [0.05, 0.1) is 40.9 Å². The molecule has 0 saturated heterocycles. The Kier molecular flexibility index (Phi) is 22.5. The molecule has 7 aliphatic carbocycles. The summed E-state index contributed by atoms with van der Waals surface area (Å²) in [4.78, 5) is 0. The van der Waals surface area contributed by atoms with E-state index in [1.54, 1.807) is 6.92 Å². The van der Waals surface area contributed by atoms with Gasteiger partial charge in [0.1, 0.15) is 18.5 Å². The molecule has 0 N–H and O–H groups in total. The Morgan fingerprint density at radius 1 is 0.354 bits per heavy atom. The largest absolute Gasteiger partial charge is 0.394 e. The molecule has 474 valence electrons. The number of hydrogen-bond donors (Lipinski definition) is 0. The van der Waals surface area contributed by atoms with Crippen LogP contribution in [0.3, 0.4) is 0 Å². The molecule has 7 aliphatic rings. The number of fused-ring (bicyclic) bond motifs is 1. The Hall–Kier alpha value is -2.17. The van der Waals surface area contributed by atoms with Crippen LogP contribution in [0.1, 0.15) is 109 Å². The monoisotopic (exact) mass is 1230 g/mol. The van der Waals surface area contributed by atoms with Crippen molar-refractivity contribution in [3.05, 3.63) is 0 Å². The molecule has 31 heteroatoms. The summed E-state index contributed by atoms with van der Waals surface area (Å²) in [5.74, 6) is -48.4. The minimum Gasteiger partial charge on any atom is -0.247 e. The Labute approximate surface area is 436 Å². The van der Waals surface area contributed by atoms with Crippen LogP contribution < -0.4 is 0 Å². The summed E-state index contributed by atoms with van der Waals surface area (Å²) in [6.07, 6.45) is -35.4. The van der Waals surface area contributed by atoms with E-state index >= 15 is 0 Å². The SMILES string of the molecule is C.CC1C(C(F)(F)F)C(C(F)(F)F)C(C)[C@@H](C)C1C(F)(F)F.CC1C(F)C(F)C(F)[C@@H](C)C1F.CC1C[C@H](C)CC(C(F)(F)F)C1C(F)(F)F.CC1[C@H]2CC[C@@H]1C2(C)C(F)(F)F.C[C@H]1C(F)(F)C(C)(F)C(F)(F)C(F)(F)C1(F)F. The fraction of sp³-hybridized carbons (Fsp3) is 1.00. The van der Waals surface area contributed by atoms with E-state index in [0.717, 1.165) is 26.7 Å². The van der Waals surface area contributed by atoms with E-state index in [9.17, 15) is 136 Å². The van der Waals surface area contributed by atoms with Crippen molar-refractivity contribution in [1.82, 2.24) is 0 Å². The molecule has 0 amide bonds. The predicted octanol–water partition coefficient (Wildman–Crippen LogP) is 20.3. The fourth-order valence-electron chi connectivity index (χ4n) is 13.0. The third-order valence-corrected chi connectivity index (χ3v) is 17.8. The first-order chi connectivity index (χ1) is 34.1. The summed E-state index contributed by atoms with van der Waals surface area (Å²) < 4.78 is 397. The summed E-state index contributed by atoms with van der Waals surface area (Å²) in [5.41, 5.74) is -6.41. The zero-order valence-corrected chi connectivity index (χ0v) is 43.1. The summed E-state index contributed by atoms with van der Waals surface area (Å²) in [7, 11) is 0. The predicted molar refractivity (Wildman–Crippen MR) is 225 cm³/mol. The Morgan fingerprint density at radius 3 is 1.00 bits per heavy atom. The summed E-state index contributed by atoms with van der Waals surface area (Å²) >= 11 is 0. The number of rotatable bonds is 0. The summed E-state index contributed by atoms with van der Waals surface area (Å²) in [5, 5.41) is 0. The second kappa shape index (κ2) is 23.7. The highest BCUT2D eigenvalue weighted by Crippen LogP contribution is 2.71. The van der Waals surface area contributed by atoms with Crippen LogP contribution in [0.4, 0.5) is 136 Å². The molecule has 2 bridgehead atoms. The number of hydrogen-bond acceptors (Lipinski definition) is 0. The lowest BCUT2D eigenvalue weighted by atomic mass is 9.53. The quantitative estimate of drug-likeness (QED) is 0.212. The highest BCUT2D eigenvalue weighted by Gasteiger charge is 2.91. The molecule has 7 rings (SSSR count). The van der Waals surface area contributed by atoms with Gasteiger partial charge < -0.3 is 0 Å². The van der Waals surface area contributed by atoms with Crippen molar-refractivity contribution in [1.29, 1.82) is 0 Å². The van der Waals surface area contributed by atoms with Gasteiger partial charge >= 0.3 is 54.8 Å². The zero-order chi connectivity index (χ0) is 62.4. The van der Waals surface area contributed by atoms with Gasteiger partial charge in [0, 0.05) is 11.8 Å². The molecule has 0 aromatic carbocycles. The highest BCUT2D eigenvalue weighted by atomic mass is 19.4. The smallest absolute Gasteiger partial charge is 0.247 e. The molecule has 16 unspecified atom stereocenters. The molecular formula is C48H65F31. The van der Waals surface area contributed by atoms with Crippen molar-refractivity contribution in [2.45, 2.75) is 200 Å². The van der Waals surface area contributed by atoms with Crippen LogP contribution in [0.2, 0.25) is 0 Å². The van der Waals surface area contributed by atoms with Crippen LogP contribution in [-0.2, 0) is 0 Å². The van der Waals surface area contributed by atoms with Crippen LogP contribution in [0.15, 0.2) is 0 Å². The average molecular weight is 1230 g/mol. The molecule has 7 fully saturated rings. The Morgan fingerprint density at radius 2 is 0.696 bits per heavy atom. The average Bonchev–Trinajstić information content (AvgIpc) is 3.83. The molecule has 22 atom stereocenters. The van der Waals surface area contributed by atoms with E-state index in [-0.39, 0.29) is 38.5 Å². The number of halogens is 31. The van der Waals surface area contributed by atoms with Crippen LogP contribution in [0.5, 0.6) is 0 Å². The third kappa shape index (κ3) is 13.7. The van der Waals surface area contributed by atoms with E-state index < -0.39 is 181 Å². The molecule has 0 aromatic rings. The van der Waals surface area contributed by atoms with Gasteiger partial charge in [-0.15, -0.1) is 0 Å². The molecule has 0 radical (unpaired) electrons. The van der Waals surface area contributed by atoms with Gasteiger partial charge in [-0.2, -0.15) is 105 Å². The van der Waals surface area contributed by atoms with Crippen molar-refractivity contribution < 1.29 is 136 Å². The lowest BCUT2D eigenvalue weighted by Crippen LogP contribution is -2.77. The molecule has 0 aliphatic heterocycles. The minimum absolute atomic E-state index is 0. The van der Waals surface area contributed by atoms with E-state index in [2.05, 4.69) is 0 Å². The van der Waals surface area contributed by atoms with Crippen molar-refractivity contribution in [3.8, 4) is 0 Å². The van der Waals surface area contributed by atoms with Crippen molar-refractivity contribution in [2.75, 3.05) is 0 Å². The maximum Gasteiger partial charge on any atom is 0.394 e. The lowest BCUT2D eigenvalue weighted by molar-refractivity contribution is -0.431. The normalized spacial score (nSPS) is 43.5. The van der Waals surface area contributed by atoms with Gasteiger partial charge in [-0.1, -0.05) is 76.7 Å². The highest BCUT2D eigenvalue weighted by molar-refractivity contribution is 5.20. The molecule has 0 nitrogen and oxygen atoms in total. The number of alkyl halides is 31. The second-order valence-electron chi connectivity index (χ2n) is 22.6. The van der Waals surface area contributed by atoms with E-state index in [1.165, 1.54) is 27.7 Å². The van der Waals surface area contributed by atoms with Crippen LogP contribution in [0, 0.1) is 100 Å². The van der Waals surface area contributed by atoms with E-state index in [4.69, 9.17) is 0 Å². The Balaban J connectivity index is 0.000000499. The van der Waals surface area contributed by atoms with Crippen molar-refractivity contribution in [3.63, 3.8) is 0 Å².